The lowest BCUT2D eigenvalue weighted by molar-refractivity contribution is -0.122. The van der Waals surface area contributed by atoms with Crippen LogP contribution in [0.5, 0.6) is 0 Å². The van der Waals surface area contributed by atoms with E-state index in [0.29, 0.717) is 19.0 Å². The Morgan fingerprint density at radius 3 is 2.94 bits per heavy atom. The zero-order valence-corrected chi connectivity index (χ0v) is 21.4. The molecule has 170 valence electrons. The fraction of sp³-hybridized carbons (Fsp3) is 0.500. The number of guanidine groups is 1. The average molecular weight is 557 g/mol. The predicted octanol–water partition coefficient (Wildman–Crippen LogP) is 3.01. The van der Waals surface area contributed by atoms with Crippen LogP contribution in [-0.2, 0) is 17.8 Å². The smallest absolute Gasteiger partial charge is 0.222 e. The molecule has 1 aliphatic rings. The van der Waals surface area contributed by atoms with Crippen molar-refractivity contribution in [2.24, 2.45) is 22.6 Å². The predicted molar refractivity (Wildman–Crippen MR) is 139 cm³/mol. The number of rotatable bonds is 8. The van der Waals surface area contributed by atoms with E-state index in [1.54, 1.807) is 24.6 Å². The highest BCUT2D eigenvalue weighted by Crippen LogP contribution is 2.24. The topological polar surface area (TPSA) is 95.6 Å². The van der Waals surface area contributed by atoms with Gasteiger partial charge < -0.3 is 21.3 Å². The van der Waals surface area contributed by atoms with Crippen molar-refractivity contribution in [2.45, 2.75) is 32.7 Å². The largest absolute Gasteiger partial charge is 0.369 e. The van der Waals surface area contributed by atoms with Gasteiger partial charge in [-0.3, -0.25) is 9.79 Å². The maximum atomic E-state index is 11.6. The number of nitrogens with two attached hydrogens (primary N) is 1. The minimum absolute atomic E-state index is 0. The van der Waals surface area contributed by atoms with Crippen LogP contribution in [0.15, 0.2) is 40.8 Å². The molecule has 0 spiro atoms. The van der Waals surface area contributed by atoms with Gasteiger partial charge in [-0.25, -0.2) is 4.98 Å². The number of pyridine rings is 1. The van der Waals surface area contributed by atoms with Gasteiger partial charge in [-0.15, -0.1) is 35.3 Å². The number of primary amides is 1. The highest BCUT2D eigenvalue weighted by atomic mass is 127. The summed E-state index contributed by atoms with van der Waals surface area (Å²) in [5, 5.41) is 8.94. The number of amides is 1. The maximum Gasteiger partial charge on any atom is 0.222 e. The fourth-order valence-corrected chi connectivity index (χ4v) is 4.64. The number of carbonyl (C=O) groups excluding carboxylic acids is 1. The van der Waals surface area contributed by atoms with E-state index in [2.05, 4.69) is 56.0 Å². The second-order valence-electron chi connectivity index (χ2n) is 7.87. The van der Waals surface area contributed by atoms with Crippen LogP contribution in [0.2, 0.25) is 0 Å². The number of halogens is 1. The molecule has 1 fully saturated rings. The molecule has 2 aromatic rings. The summed E-state index contributed by atoms with van der Waals surface area (Å²) in [6.07, 6.45) is 4.66. The number of hydrogen-bond acceptors (Lipinski definition) is 5. The first kappa shape index (κ1) is 25.4. The van der Waals surface area contributed by atoms with Crippen LogP contribution < -0.4 is 21.3 Å². The Kier molecular flexibility index (Phi) is 10.5. The third-order valence-corrected chi connectivity index (χ3v) is 6.31. The lowest BCUT2D eigenvalue weighted by Crippen LogP contribution is -2.42. The molecule has 31 heavy (non-hydrogen) atoms. The lowest BCUT2D eigenvalue weighted by Gasteiger charge is -2.33. The Morgan fingerprint density at radius 2 is 2.23 bits per heavy atom. The van der Waals surface area contributed by atoms with Gasteiger partial charge in [0, 0.05) is 49.9 Å². The van der Waals surface area contributed by atoms with Crippen molar-refractivity contribution < 1.29 is 4.79 Å². The molecule has 0 aliphatic carbocycles. The summed E-state index contributed by atoms with van der Waals surface area (Å²) >= 11 is 1.80. The molecule has 3 heterocycles. The molecule has 1 aliphatic heterocycles. The summed E-state index contributed by atoms with van der Waals surface area (Å²) in [7, 11) is 1.78. The van der Waals surface area contributed by atoms with Gasteiger partial charge in [-0.2, -0.15) is 0 Å². The van der Waals surface area contributed by atoms with Crippen LogP contribution >= 0.6 is 35.3 Å². The molecular formula is C22H33IN6OS. The molecule has 4 N–H and O–H groups in total. The highest BCUT2D eigenvalue weighted by Gasteiger charge is 2.26. The Morgan fingerprint density at radius 1 is 1.39 bits per heavy atom. The van der Waals surface area contributed by atoms with Crippen molar-refractivity contribution in [1.82, 2.24) is 15.6 Å². The summed E-state index contributed by atoms with van der Waals surface area (Å²) in [5.41, 5.74) is 6.62. The van der Waals surface area contributed by atoms with Crippen molar-refractivity contribution in [3.63, 3.8) is 0 Å². The first-order valence-corrected chi connectivity index (χ1v) is 11.4. The molecule has 0 bridgehead atoms. The van der Waals surface area contributed by atoms with Crippen LogP contribution in [0, 0.1) is 11.8 Å². The van der Waals surface area contributed by atoms with Gasteiger partial charge in [0.2, 0.25) is 5.91 Å². The molecule has 0 radical (unpaired) electrons. The van der Waals surface area contributed by atoms with E-state index in [1.165, 1.54) is 4.88 Å². The molecule has 2 unspecified atom stereocenters. The zero-order chi connectivity index (χ0) is 21.3. The van der Waals surface area contributed by atoms with E-state index < -0.39 is 0 Å². The van der Waals surface area contributed by atoms with E-state index >= 15 is 0 Å². The van der Waals surface area contributed by atoms with Gasteiger partial charge in [0.25, 0.3) is 0 Å². The van der Waals surface area contributed by atoms with Gasteiger partial charge in [-0.1, -0.05) is 19.1 Å². The van der Waals surface area contributed by atoms with E-state index in [4.69, 9.17) is 5.73 Å². The number of piperidine rings is 1. The Balaban J connectivity index is 0.00000341. The summed E-state index contributed by atoms with van der Waals surface area (Å²) in [5.74, 6) is 1.86. The number of aliphatic imine (C=N–C) groups is 1. The molecule has 2 atom stereocenters. The number of nitrogens with one attached hydrogen (secondary N) is 2. The number of aromatic nitrogens is 1. The van der Waals surface area contributed by atoms with E-state index in [1.807, 2.05) is 6.07 Å². The molecule has 1 saturated heterocycles. The second-order valence-corrected chi connectivity index (χ2v) is 8.90. The van der Waals surface area contributed by atoms with Gasteiger partial charge in [0.1, 0.15) is 5.82 Å². The van der Waals surface area contributed by atoms with Gasteiger partial charge in [0.05, 0.1) is 5.92 Å². The fourth-order valence-electron chi connectivity index (χ4n) is 3.77. The normalized spacial score (nSPS) is 17.5. The molecule has 0 saturated carbocycles. The summed E-state index contributed by atoms with van der Waals surface area (Å²) < 4.78 is 0. The average Bonchev–Trinajstić information content (AvgIpc) is 3.27. The van der Waals surface area contributed by atoms with Crippen molar-refractivity contribution in [3.8, 4) is 0 Å². The van der Waals surface area contributed by atoms with Crippen molar-refractivity contribution in [2.75, 3.05) is 31.6 Å². The summed E-state index contributed by atoms with van der Waals surface area (Å²) in [6, 6.07) is 8.28. The van der Waals surface area contributed by atoms with Gasteiger partial charge in [-0.05, 0) is 42.7 Å². The monoisotopic (exact) mass is 556 g/mol. The number of nitrogens with zero attached hydrogens (tertiary/aromatic N) is 3. The van der Waals surface area contributed by atoms with Crippen LogP contribution in [0.4, 0.5) is 5.82 Å². The molecular weight excluding hydrogens is 523 g/mol. The number of anilines is 1. The van der Waals surface area contributed by atoms with Crippen molar-refractivity contribution in [3.05, 3.63) is 46.3 Å². The van der Waals surface area contributed by atoms with Crippen LogP contribution in [0.25, 0.3) is 0 Å². The maximum absolute atomic E-state index is 11.6. The minimum Gasteiger partial charge on any atom is -0.369 e. The molecule has 3 rings (SSSR count). The molecule has 2 aromatic heterocycles. The lowest BCUT2D eigenvalue weighted by atomic mass is 9.97. The van der Waals surface area contributed by atoms with Crippen molar-refractivity contribution >= 4 is 53.0 Å². The number of thiophene rings is 1. The number of hydrogen-bond donors (Lipinski definition) is 3. The molecule has 9 heteroatoms. The summed E-state index contributed by atoms with van der Waals surface area (Å²) in [6.45, 7) is 5.22. The Labute approximate surface area is 205 Å². The van der Waals surface area contributed by atoms with Crippen LogP contribution in [0.3, 0.4) is 0 Å². The quantitative estimate of drug-likeness (QED) is 0.264. The van der Waals surface area contributed by atoms with Crippen molar-refractivity contribution in [1.29, 1.82) is 0 Å². The zero-order valence-electron chi connectivity index (χ0n) is 18.2. The van der Waals surface area contributed by atoms with E-state index in [0.717, 1.165) is 49.7 Å². The van der Waals surface area contributed by atoms with Gasteiger partial charge >= 0.3 is 0 Å². The molecule has 0 aromatic carbocycles. The highest BCUT2D eigenvalue weighted by molar-refractivity contribution is 14.0. The van der Waals surface area contributed by atoms with E-state index in [9.17, 15) is 4.79 Å². The van der Waals surface area contributed by atoms with Crippen LogP contribution in [0.1, 0.15) is 30.2 Å². The van der Waals surface area contributed by atoms with Gasteiger partial charge in [0.15, 0.2) is 5.96 Å². The molecule has 1 amide bonds. The standard InChI is InChI=1S/C22H32N6OS.HI/c1-16(12-19-8-5-11-30-19)13-26-22(24-2)27-14-17-6-3-9-25-21(17)28-10-4-7-18(15-28)20(23)29;/h3,5-6,8-9,11,16,18H,4,7,10,12-15H2,1-2H3,(H2,23,29)(H2,24,26,27);1H. The Hall–Kier alpha value is -1.88. The first-order valence-electron chi connectivity index (χ1n) is 10.5. The first-order chi connectivity index (χ1) is 14.6. The second kappa shape index (κ2) is 12.8. The SMILES string of the molecule is CN=C(NCc1cccnc1N1CCCC(C(N)=O)C1)NCC(C)Cc1cccs1.I. The van der Waals surface area contributed by atoms with Crippen LogP contribution in [-0.4, -0.2) is 43.5 Å². The number of carbonyl (C=O) groups is 1. The molecule has 7 nitrogen and oxygen atoms in total. The Bertz CT molecular complexity index is 844. The third-order valence-electron chi connectivity index (χ3n) is 5.41. The summed E-state index contributed by atoms with van der Waals surface area (Å²) in [4.78, 5) is 24.2. The third kappa shape index (κ3) is 7.64. The van der Waals surface area contributed by atoms with E-state index in [-0.39, 0.29) is 35.8 Å². The minimum atomic E-state index is -0.225.